The largest absolute Gasteiger partial charge is 0.491 e. The highest BCUT2D eigenvalue weighted by Gasteiger charge is 2.20. The van der Waals surface area contributed by atoms with Crippen LogP contribution in [0.25, 0.3) is 10.1 Å². The Labute approximate surface area is 160 Å². The molecule has 2 heterocycles. The van der Waals surface area contributed by atoms with Crippen LogP contribution in [0.15, 0.2) is 22.7 Å². The molecule has 7 heteroatoms. The fourth-order valence-electron chi connectivity index (χ4n) is 2.89. The number of ether oxygens (including phenoxy) is 2. The third kappa shape index (κ3) is 4.73. The SMILES string of the molecule is CCOc1c(C(=O)NCCCN2CCOCC2)sc2ccc(Br)cc12. The first-order valence-corrected chi connectivity index (χ1v) is 10.2. The molecule has 0 atom stereocenters. The van der Waals surface area contributed by atoms with E-state index in [1.807, 2.05) is 25.1 Å². The molecular weight excluding hydrogens is 404 g/mol. The van der Waals surface area contributed by atoms with Crippen molar-refractivity contribution < 1.29 is 14.3 Å². The summed E-state index contributed by atoms with van der Waals surface area (Å²) in [4.78, 5) is 15.6. The number of amides is 1. The lowest BCUT2D eigenvalue weighted by molar-refractivity contribution is 0.0374. The Bertz CT molecular complexity index is 728. The molecule has 1 N–H and O–H groups in total. The number of nitrogens with zero attached hydrogens (tertiary/aromatic N) is 1. The summed E-state index contributed by atoms with van der Waals surface area (Å²) in [7, 11) is 0. The molecular formula is C18H23BrN2O3S. The average molecular weight is 427 g/mol. The molecule has 0 spiro atoms. The quantitative estimate of drug-likeness (QED) is 0.688. The fraction of sp³-hybridized carbons (Fsp3) is 0.500. The summed E-state index contributed by atoms with van der Waals surface area (Å²) in [6.07, 6.45) is 0.937. The molecule has 1 aromatic carbocycles. The molecule has 1 aliphatic rings. The number of carbonyl (C=O) groups is 1. The highest BCUT2D eigenvalue weighted by Crippen LogP contribution is 2.39. The van der Waals surface area contributed by atoms with Crippen molar-refractivity contribution in [2.24, 2.45) is 0 Å². The van der Waals surface area contributed by atoms with E-state index in [2.05, 4.69) is 26.1 Å². The second-order valence-electron chi connectivity index (χ2n) is 5.90. The molecule has 1 saturated heterocycles. The summed E-state index contributed by atoms with van der Waals surface area (Å²) < 4.78 is 13.2. The molecule has 1 aliphatic heterocycles. The first kappa shape index (κ1) is 18.6. The predicted molar refractivity (Wildman–Crippen MR) is 105 cm³/mol. The molecule has 0 radical (unpaired) electrons. The van der Waals surface area contributed by atoms with Gasteiger partial charge in [-0.25, -0.2) is 0 Å². The van der Waals surface area contributed by atoms with Crippen LogP contribution in [0.1, 0.15) is 23.0 Å². The maximum Gasteiger partial charge on any atom is 0.265 e. The van der Waals surface area contributed by atoms with Crippen molar-refractivity contribution in [3.8, 4) is 5.75 Å². The minimum absolute atomic E-state index is 0.0530. The molecule has 3 rings (SSSR count). The zero-order valence-electron chi connectivity index (χ0n) is 14.3. The lowest BCUT2D eigenvalue weighted by Gasteiger charge is -2.26. The van der Waals surface area contributed by atoms with E-state index < -0.39 is 0 Å². The van der Waals surface area contributed by atoms with Crippen molar-refractivity contribution in [3.63, 3.8) is 0 Å². The van der Waals surface area contributed by atoms with E-state index in [1.54, 1.807) is 0 Å². The summed E-state index contributed by atoms with van der Waals surface area (Å²) >= 11 is 4.97. The molecule has 0 bridgehead atoms. The highest BCUT2D eigenvalue weighted by molar-refractivity contribution is 9.10. The van der Waals surface area contributed by atoms with E-state index in [0.717, 1.165) is 53.8 Å². The first-order valence-electron chi connectivity index (χ1n) is 8.62. The number of halogens is 1. The van der Waals surface area contributed by atoms with Gasteiger partial charge < -0.3 is 14.8 Å². The minimum Gasteiger partial charge on any atom is -0.491 e. The van der Waals surface area contributed by atoms with Crippen molar-refractivity contribution in [2.75, 3.05) is 46.0 Å². The van der Waals surface area contributed by atoms with Gasteiger partial charge in [-0.3, -0.25) is 9.69 Å². The van der Waals surface area contributed by atoms with Crippen LogP contribution in [-0.4, -0.2) is 56.8 Å². The number of nitrogens with one attached hydrogen (secondary N) is 1. The summed E-state index contributed by atoms with van der Waals surface area (Å²) in [5.41, 5.74) is 0. The average Bonchev–Trinajstić information content (AvgIpc) is 2.98. The van der Waals surface area contributed by atoms with Crippen LogP contribution < -0.4 is 10.1 Å². The van der Waals surface area contributed by atoms with Gasteiger partial charge in [0.25, 0.3) is 5.91 Å². The normalized spacial score (nSPS) is 15.4. The first-order chi connectivity index (χ1) is 12.2. The smallest absolute Gasteiger partial charge is 0.265 e. The van der Waals surface area contributed by atoms with Crippen LogP contribution in [0, 0.1) is 0 Å². The van der Waals surface area contributed by atoms with Gasteiger partial charge in [0, 0.05) is 34.2 Å². The van der Waals surface area contributed by atoms with Gasteiger partial charge in [-0.1, -0.05) is 15.9 Å². The number of benzene rings is 1. The van der Waals surface area contributed by atoms with E-state index >= 15 is 0 Å². The van der Waals surface area contributed by atoms with Gasteiger partial charge in [-0.05, 0) is 38.1 Å². The third-order valence-corrected chi connectivity index (χ3v) is 5.78. The lowest BCUT2D eigenvalue weighted by atomic mass is 10.2. The monoisotopic (exact) mass is 426 g/mol. The Kier molecular flexibility index (Phi) is 6.70. The molecule has 0 saturated carbocycles. The Morgan fingerprint density at radius 3 is 2.96 bits per heavy atom. The molecule has 0 aliphatic carbocycles. The molecule has 0 unspecified atom stereocenters. The van der Waals surface area contributed by atoms with Crippen LogP contribution in [0.5, 0.6) is 5.75 Å². The van der Waals surface area contributed by atoms with Crippen LogP contribution in [-0.2, 0) is 4.74 Å². The molecule has 1 amide bonds. The number of hydrogen-bond acceptors (Lipinski definition) is 5. The number of morpholine rings is 1. The Balaban J connectivity index is 1.61. The van der Waals surface area contributed by atoms with Gasteiger partial charge in [0.15, 0.2) is 5.75 Å². The van der Waals surface area contributed by atoms with Crippen LogP contribution in [0.4, 0.5) is 0 Å². The summed E-state index contributed by atoms with van der Waals surface area (Å²) in [6, 6.07) is 6.01. The van der Waals surface area contributed by atoms with E-state index in [-0.39, 0.29) is 5.91 Å². The van der Waals surface area contributed by atoms with Gasteiger partial charge >= 0.3 is 0 Å². The van der Waals surface area contributed by atoms with Crippen molar-refractivity contribution in [2.45, 2.75) is 13.3 Å². The van der Waals surface area contributed by atoms with Gasteiger partial charge in [-0.15, -0.1) is 11.3 Å². The van der Waals surface area contributed by atoms with Crippen LogP contribution >= 0.6 is 27.3 Å². The Hall–Kier alpha value is -1.15. The second kappa shape index (κ2) is 8.98. The Morgan fingerprint density at radius 2 is 2.20 bits per heavy atom. The van der Waals surface area contributed by atoms with Crippen molar-refractivity contribution in [3.05, 3.63) is 27.5 Å². The maximum absolute atomic E-state index is 12.6. The van der Waals surface area contributed by atoms with E-state index in [1.165, 1.54) is 11.3 Å². The zero-order chi connectivity index (χ0) is 17.6. The number of hydrogen-bond donors (Lipinski definition) is 1. The van der Waals surface area contributed by atoms with Crippen LogP contribution in [0.2, 0.25) is 0 Å². The van der Waals surface area contributed by atoms with Gasteiger partial charge in [0.2, 0.25) is 0 Å². The number of fused-ring (bicyclic) bond motifs is 1. The fourth-order valence-corrected chi connectivity index (χ4v) is 4.30. The number of rotatable bonds is 7. The van der Waals surface area contributed by atoms with Crippen molar-refractivity contribution in [1.82, 2.24) is 10.2 Å². The molecule has 25 heavy (non-hydrogen) atoms. The summed E-state index contributed by atoms with van der Waals surface area (Å²) in [6.45, 7) is 7.70. The molecule has 1 aromatic heterocycles. The van der Waals surface area contributed by atoms with E-state index in [0.29, 0.717) is 23.8 Å². The molecule has 1 fully saturated rings. The number of thiophene rings is 1. The minimum atomic E-state index is -0.0530. The van der Waals surface area contributed by atoms with Gasteiger partial charge in [0.05, 0.1) is 19.8 Å². The molecule has 5 nitrogen and oxygen atoms in total. The van der Waals surface area contributed by atoms with Gasteiger partial charge in [-0.2, -0.15) is 0 Å². The topological polar surface area (TPSA) is 50.8 Å². The summed E-state index contributed by atoms with van der Waals surface area (Å²) in [5.74, 6) is 0.636. The maximum atomic E-state index is 12.6. The predicted octanol–water partition coefficient (Wildman–Crippen LogP) is 3.51. The third-order valence-electron chi connectivity index (χ3n) is 4.14. The molecule has 2 aromatic rings. The van der Waals surface area contributed by atoms with Gasteiger partial charge in [0.1, 0.15) is 4.88 Å². The van der Waals surface area contributed by atoms with E-state index in [9.17, 15) is 4.79 Å². The second-order valence-corrected chi connectivity index (χ2v) is 7.87. The van der Waals surface area contributed by atoms with Crippen molar-refractivity contribution >= 4 is 43.3 Å². The summed E-state index contributed by atoms with van der Waals surface area (Å²) in [5, 5.41) is 4.02. The number of carbonyl (C=O) groups excluding carboxylic acids is 1. The van der Waals surface area contributed by atoms with Crippen LogP contribution in [0.3, 0.4) is 0 Å². The van der Waals surface area contributed by atoms with E-state index in [4.69, 9.17) is 9.47 Å². The Morgan fingerprint density at radius 1 is 1.40 bits per heavy atom. The highest BCUT2D eigenvalue weighted by atomic mass is 79.9. The van der Waals surface area contributed by atoms with Crippen molar-refractivity contribution in [1.29, 1.82) is 0 Å². The standard InChI is InChI=1S/C18H23BrN2O3S/c1-2-24-16-14-12-13(19)4-5-15(14)25-17(16)18(22)20-6-3-7-21-8-10-23-11-9-21/h4-5,12H,2-3,6-11H2,1H3,(H,20,22). The lowest BCUT2D eigenvalue weighted by Crippen LogP contribution is -2.38. The molecule has 136 valence electrons. The zero-order valence-corrected chi connectivity index (χ0v) is 16.7.